The predicted octanol–water partition coefficient (Wildman–Crippen LogP) is 1.93. The summed E-state index contributed by atoms with van der Waals surface area (Å²) >= 11 is 0. The molecule has 0 aliphatic heterocycles. The predicted molar refractivity (Wildman–Crippen MR) is 109 cm³/mol. The maximum Gasteiger partial charge on any atom is 0.260 e. The molecule has 0 saturated heterocycles. The largest absolute Gasteiger partial charge is 0.493 e. The van der Waals surface area contributed by atoms with Crippen molar-refractivity contribution in [2.24, 2.45) is 5.10 Å². The molecule has 0 saturated carbocycles. The van der Waals surface area contributed by atoms with E-state index in [1.807, 2.05) is 6.92 Å². The Balaban J connectivity index is 2.12. The van der Waals surface area contributed by atoms with Crippen LogP contribution in [0.5, 0.6) is 11.5 Å². The zero-order chi connectivity index (χ0) is 20.7. The third-order valence-corrected chi connectivity index (χ3v) is 4.98. The summed E-state index contributed by atoms with van der Waals surface area (Å²) in [5.74, 6) is 0.421. The minimum absolute atomic E-state index is 0.394. The summed E-state index contributed by atoms with van der Waals surface area (Å²) in [5.41, 5.74) is 4.32. The smallest absolute Gasteiger partial charge is 0.260 e. The molecule has 0 fully saturated rings. The van der Waals surface area contributed by atoms with E-state index in [0.29, 0.717) is 22.7 Å². The molecular weight excluding hydrogens is 382 g/mol. The third-order valence-electron chi connectivity index (χ3n) is 3.84. The number of amides is 1. The number of ether oxygens (including phenoxy) is 2. The highest BCUT2D eigenvalue weighted by molar-refractivity contribution is 7.92. The van der Waals surface area contributed by atoms with Crippen LogP contribution in [0.15, 0.2) is 47.6 Å². The van der Waals surface area contributed by atoms with Gasteiger partial charge in [-0.2, -0.15) is 5.10 Å². The lowest BCUT2D eigenvalue weighted by Gasteiger charge is -2.21. The summed E-state index contributed by atoms with van der Waals surface area (Å²) in [6, 6.07) is 12.1. The Kier molecular flexibility index (Phi) is 7.00. The highest BCUT2D eigenvalue weighted by Crippen LogP contribution is 2.29. The van der Waals surface area contributed by atoms with Crippen molar-refractivity contribution in [1.82, 2.24) is 5.43 Å². The molecule has 0 spiro atoms. The van der Waals surface area contributed by atoms with Gasteiger partial charge in [0.05, 0.1) is 32.4 Å². The van der Waals surface area contributed by atoms with E-state index in [9.17, 15) is 13.2 Å². The van der Waals surface area contributed by atoms with Crippen molar-refractivity contribution in [2.75, 3.05) is 31.3 Å². The Hall–Kier alpha value is -3.07. The molecular formula is C19H23N3O5S. The number of nitrogens with zero attached hydrogens (tertiary/aromatic N) is 2. The van der Waals surface area contributed by atoms with Crippen LogP contribution in [-0.4, -0.2) is 47.6 Å². The van der Waals surface area contributed by atoms with E-state index in [1.165, 1.54) is 20.4 Å². The fourth-order valence-electron chi connectivity index (χ4n) is 2.46. The fraction of sp³-hybridized carbons (Fsp3) is 0.263. The van der Waals surface area contributed by atoms with Gasteiger partial charge >= 0.3 is 0 Å². The van der Waals surface area contributed by atoms with Crippen LogP contribution in [0.1, 0.15) is 11.1 Å². The van der Waals surface area contributed by atoms with Gasteiger partial charge in [0, 0.05) is 5.56 Å². The first-order valence-corrected chi connectivity index (χ1v) is 10.2. The molecule has 0 radical (unpaired) electrons. The summed E-state index contributed by atoms with van der Waals surface area (Å²) in [4.78, 5) is 12.2. The molecule has 28 heavy (non-hydrogen) atoms. The zero-order valence-corrected chi connectivity index (χ0v) is 17.0. The second-order valence-corrected chi connectivity index (χ2v) is 7.89. The van der Waals surface area contributed by atoms with Gasteiger partial charge in [0.2, 0.25) is 10.0 Å². The number of carbonyl (C=O) groups excluding carboxylic acids is 1. The molecule has 0 atom stereocenters. The Morgan fingerprint density at radius 2 is 1.82 bits per heavy atom. The monoisotopic (exact) mass is 405 g/mol. The molecule has 2 rings (SSSR count). The van der Waals surface area contributed by atoms with Gasteiger partial charge < -0.3 is 9.47 Å². The number of hydrogen-bond acceptors (Lipinski definition) is 6. The van der Waals surface area contributed by atoms with Gasteiger partial charge in [-0.1, -0.05) is 23.8 Å². The SMILES string of the molecule is COc1cccc(/C=N\NC(=O)CN(c2ccc(C)cc2)S(C)(=O)=O)c1OC. The van der Waals surface area contributed by atoms with Crippen molar-refractivity contribution >= 4 is 27.8 Å². The van der Waals surface area contributed by atoms with Crippen LogP contribution in [0.25, 0.3) is 0 Å². The van der Waals surface area contributed by atoms with E-state index in [-0.39, 0.29) is 0 Å². The van der Waals surface area contributed by atoms with Crippen molar-refractivity contribution in [2.45, 2.75) is 6.92 Å². The number of hydrogen-bond donors (Lipinski definition) is 1. The van der Waals surface area contributed by atoms with Crippen LogP contribution in [-0.2, 0) is 14.8 Å². The molecule has 150 valence electrons. The van der Waals surface area contributed by atoms with E-state index in [0.717, 1.165) is 16.1 Å². The quantitative estimate of drug-likeness (QED) is 0.535. The minimum atomic E-state index is -3.64. The van der Waals surface area contributed by atoms with Crippen molar-refractivity contribution in [1.29, 1.82) is 0 Å². The number of para-hydroxylation sites is 1. The maximum atomic E-state index is 12.2. The lowest BCUT2D eigenvalue weighted by molar-refractivity contribution is -0.119. The van der Waals surface area contributed by atoms with Gasteiger partial charge in [0.15, 0.2) is 11.5 Å². The van der Waals surface area contributed by atoms with E-state index in [1.54, 1.807) is 42.5 Å². The second-order valence-electron chi connectivity index (χ2n) is 5.98. The van der Waals surface area contributed by atoms with Crippen molar-refractivity contribution < 1.29 is 22.7 Å². The number of hydrazone groups is 1. The van der Waals surface area contributed by atoms with Crippen LogP contribution in [0.2, 0.25) is 0 Å². The van der Waals surface area contributed by atoms with Crippen molar-refractivity contribution in [3.8, 4) is 11.5 Å². The number of carbonyl (C=O) groups is 1. The van der Waals surface area contributed by atoms with Gasteiger partial charge in [0.1, 0.15) is 6.54 Å². The summed E-state index contributed by atoms with van der Waals surface area (Å²) in [6.07, 6.45) is 2.44. The number of aryl methyl sites for hydroxylation is 1. The van der Waals surface area contributed by atoms with Gasteiger partial charge in [-0.25, -0.2) is 13.8 Å². The summed E-state index contributed by atoms with van der Waals surface area (Å²) in [7, 11) is -0.620. The Bertz CT molecular complexity index is 956. The summed E-state index contributed by atoms with van der Waals surface area (Å²) < 4.78 is 35.7. The summed E-state index contributed by atoms with van der Waals surface area (Å²) in [5, 5.41) is 3.89. The topological polar surface area (TPSA) is 97.3 Å². The average Bonchev–Trinajstić information content (AvgIpc) is 2.65. The van der Waals surface area contributed by atoms with Crippen LogP contribution in [0, 0.1) is 6.92 Å². The molecule has 0 aliphatic rings. The van der Waals surface area contributed by atoms with E-state index >= 15 is 0 Å². The van der Waals surface area contributed by atoms with E-state index in [2.05, 4.69) is 10.5 Å². The van der Waals surface area contributed by atoms with Gasteiger partial charge in [0.25, 0.3) is 5.91 Å². The normalized spacial score (nSPS) is 11.3. The van der Waals surface area contributed by atoms with Crippen LogP contribution in [0.3, 0.4) is 0 Å². The maximum absolute atomic E-state index is 12.2. The molecule has 9 heteroatoms. The molecule has 0 heterocycles. The molecule has 0 aromatic heterocycles. The number of rotatable bonds is 8. The molecule has 1 amide bonds. The molecule has 0 unspecified atom stereocenters. The highest BCUT2D eigenvalue weighted by atomic mass is 32.2. The lowest BCUT2D eigenvalue weighted by Crippen LogP contribution is -2.39. The standard InChI is InChI=1S/C19H23N3O5S/c1-14-8-10-16(11-9-14)22(28(4,24)25)13-18(23)21-20-12-15-6-5-7-17(26-2)19(15)27-3/h5-12H,13H2,1-4H3,(H,21,23)/b20-12-. The first kappa shape index (κ1) is 21.2. The Morgan fingerprint density at radius 1 is 1.14 bits per heavy atom. The Morgan fingerprint density at radius 3 is 2.39 bits per heavy atom. The summed E-state index contributed by atoms with van der Waals surface area (Å²) in [6.45, 7) is 1.50. The molecule has 2 aromatic rings. The first-order valence-electron chi connectivity index (χ1n) is 8.33. The average molecular weight is 405 g/mol. The molecule has 0 bridgehead atoms. The van der Waals surface area contributed by atoms with Crippen molar-refractivity contribution in [3.05, 3.63) is 53.6 Å². The van der Waals surface area contributed by atoms with Gasteiger partial charge in [-0.05, 0) is 31.2 Å². The highest BCUT2D eigenvalue weighted by Gasteiger charge is 2.20. The van der Waals surface area contributed by atoms with Crippen LogP contribution >= 0.6 is 0 Å². The molecule has 2 aromatic carbocycles. The molecule has 8 nitrogen and oxygen atoms in total. The first-order chi connectivity index (χ1) is 13.3. The van der Waals surface area contributed by atoms with E-state index in [4.69, 9.17) is 9.47 Å². The zero-order valence-electron chi connectivity index (χ0n) is 16.2. The second kappa shape index (κ2) is 9.23. The number of benzene rings is 2. The van der Waals surface area contributed by atoms with Gasteiger partial charge in [-0.3, -0.25) is 9.10 Å². The van der Waals surface area contributed by atoms with Crippen LogP contribution < -0.4 is 19.2 Å². The van der Waals surface area contributed by atoms with E-state index < -0.39 is 22.5 Å². The lowest BCUT2D eigenvalue weighted by atomic mass is 10.2. The Labute approximate surface area is 164 Å². The number of methoxy groups -OCH3 is 2. The third kappa shape index (κ3) is 5.46. The van der Waals surface area contributed by atoms with Gasteiger partial charge in [-0.15, -0.1) is 0 Å². The van der Waals surface area contributed by atoms with Crippen molar-refractivity contribution in [3.63, 3.8) is 0 Å². The number of sulfonamides is 1. The molecule has 1 N–H and O–H groups in total. The number of anilines is 1. The van der Waals surface area contributed by atoms with Crippen LogP contribution in [0.4, 0.5) is 5.69 Å². The molecule has 0 aliphatic carbocycles. The minimum Gasteiger partial charge on any atom is -0.493 e. The fourth-order valence-corrected chi connectivity index (χ4v) is 3.32. The number of nitrogens with one attached hydrogen (secondary N) is 1.